The van der Waals surface area contributed by atoms with Gasteiger partial charge in [0.05, 0.1) is 12.0 Å². The summed E-state index contributed by atoms with van der Waals surface area (Å²) in [7, 11) is -1.82. The fourth-order valence-corrected chi connectivity index (χ4v) is 5.02. The van der Waals surface area contributed by atoms with Gasteiger partial charge in [0, 0.05) is 17.6 Å². The number of methoxy groups -OCH3 is 1. The van der Waals surface area contributed by atoms with E-state index in [2.05, 4.69) is 15.9 Å². The molecule has 1 unspecified atom stereocenters. The average Bonchev–Trinajstić information content (AvgIpc) is 2.89. The van der Waals surface area contributed by atoms with Crippen molar-refractivity contribution in [2.24, 2.45) is 0 Å². The number of benzene rings is 2. The van der Waals surface area contributed by atoms with Crippen LogP contribution in [0, 0.1) is 0 Å². The largest absolute Gasteiger partial charge is 0.497 e. The Morgan fingerprint density at radius 2 is 1.72 bits per heavy atom. The van der Waals surface area contributed by atoms with Gasteiger partial charge in [-0.3, -0.25) is 0 Å². The highest BCUT2D eigenvalue weighted by molar-refractivity contribution is 9.10. The number of sulfonamides is 1. The minimum absolute atomic E-state index is 0.207. The van der Waals surface area contributed by atoms with Crippen LogP contribution in [-0.4, -0.2) is 32.9 Å². The molecule has 1 fully saturated rings. The Hall–Kier alpha value is -1.37. The van der Waals surface area contributed by atoms with Crippen LogP contribution in [-0.2, 0) is 10.0 Å². The predicted molar refractivity (Wildman–Crippen MR) is 102 cm³/mol. The van der Waals surface area contributed by atoms with Gasteiger partial charge in [-0.1, -0.05) is 34.5 Å². The topological polar surface area (TPSA) is 46.6 Å². The van der Waals surface area contributed by atoms with Crippen LogP contribution in [0.15, 0.2) is 57.9 Å². The second kappa shape index (κ2) is 7.89. The zero-order valence-electron chi connectivity index (χ0n) is 14.2. The molecule has 1 aliphatic rings. The quantitative estimate of drug-likeness (QED) is 0.730. The van der Waals surface area contributed by atoms with E-state index in [1.54, 1.807) is 35.7 Å². The van der Waals surface area contributed by atoms with Gasteiger partial charge >= 0.3 is 0 Å². The molecule has 6 heteroatoms. The standard InChI is InChI=1S/C19H22BrNO3S/c1-24-18-9-5-15(6-10-18)16-4-2-3-13-21(14-16)25(22,23)19-11-7-17(20)8-12-19/h5-12,16H,2-4,13-14H2,1H3. The first-order chi connectivity index (χ1) is 12.0. The third kappa shape index (κ3) is 4.25. The maximum atomic E-state index is 13.0. The number of ether oxygens (including phenoxy) is 1. The molecular formula is C19H22BrNO3S. The highest BCUT2D eigenvalue weighted by Gasteiger charge is 2.29. The maximum absolute atomic E-state index is 13.0. The Labute approximate surface area is 158 Å². The molecule has 0 saturated carbocycles. The molecule has 0 radical (unpaired) electrons. The first-order valence-electron chi connectivity index (χ1n) is 8.40. The lowest BCUT2D eigenvalue weighted by Crippen LogP contribution is -2.34. The summed E-state index contributed by atoms with van der Waals surface area (Å²) in [4.78, 5) is 0.353. The van der Waals surface area contributed by atoms with E-state index in [9.17, 15) is 8.42 Å². The van der Waals surface area contributed by atoms with Crippen molar-refractivity contribution in [3.63, 3.8) is 0 Å². The van der Waals surface area contributed by atoms with Gasteiger partial charge in [-0.25, -0.2) is 8.42 Å². The van der Waals surface area contributed by atoms with E-state index < -0.39 is 10.0 Å². The number of rotatable bonds is 4. The van der Waals surface area contributed by atoms with Crippen molar-refractivity contribution in [2.75, 3.05) is 20.2 Å². The Bertz CT molecular complexity index is 804. The molecule has 2 aromatic carbocycles. The minimum Gasteiger partial charge on any atom is -0.497 e. The van der Waals surface area contributed by atoms with Crippen LogP contribution < -0.4 is 4.74 Å². The third-order valence-electron chi connectivity index (χ3n) is 4.67. The summed E-state index contributed by atoms with van der Waals surface area (Å²) < 4.78 is 33.8. The lowest BCUT2D eigenvalue weighted by atomic mass is 9.94. The highest BCUT2D eigenvalue weighted by atomic mass is 79.9. The van der Waals surface area contributed by atoms with E-state index in [0.29, 0.717) is 18.0 Å². The van der Waals surface area contributed by atoms with Gasteiger partial charge in [0.2, 0.25) is 10.0 Å². The first kappa shape index (κ1) is 18.4. The summed E-state index contributed by atoms with van der Waals surface area (Å²) in [6, 6.07) is 14.8. The Morgan fingerprint density at radius 3 is 2.36 bits per heavy atom. The number of nitrogens with zero attached hydrogens (tertiary/aromatic N) is 1. The normalized spacial score (nSPS) is 19.4. The fourth-order valence-electron chi connectivity index (χ4n) is 3.23. The summed E-state index contributed by atoms with van der Waals surface area (Å²) >= 11 is 3.35. The molecular weight excluding hydrogens is 402 g/mol. The molecule has 3 rings (SSSR count). The molecule has 0 amide bonds. The highest BCUT2D eigenvalue weighted by Crippen LogP contribution is 2.30. The molecule has 1 heterocycles. The zero-order valence-corrected chi connectivity index (χ0v) is 16.6. The van der Waals surface area contributed by atoms with Crippen LogP contribution in [0.5, 0.6) is 5.75 Å². The van der Waals surface area contributed by atoms with E-state index in [4.69, 9.17) is 4.74 Å². The van der Waals surface area contributed by atoms with Crippen LogP contribution in [0.2, 0.25) is 0 Å². The van der Waals surface area contributed by atoms with Crippen LogP contribution in [0.4, 0.5) is 0 Å². The second-order valence-corrected chi connectivity index (χ2v) is 9.14. The van der Waals surface area contributed by atoms with Gasteiger partial charge in [0.25, 0.3) is 0 Å². The predicted octanol–water partition coefficient (Wildman–Crippen LogP) is 4.42. The second-order valence-electron chi connectivity index (χ2n) is 6.28. The van der Waals surface area contributed by atoms with E-state index in [0.717, 1.165) is 29.5 Å². The molecule has 25 heavy (non-hydrogen) atoms. The van der Waals surface area contributed by atoms with Gasteiger partial charge in [-0.2, -0.15) is 4.31 Å². The molecule has 1 aliphatic heterocycles. The summed E-state index contributed by atoms with van der Waals surface area (Å²) in [5.74, 6) is 1.02. The van der Waals surface area contributed by atoms with Crippen LogP contribution in [0.25, 0.3) is 0 Å². The molecule has 2 aromatic rings. The lowest BCUT2D eigenvalue weighted by Gasteiger charge is -2.24. The average molecular weight is 424 g/mol. The molecule has 1 atom stereocenters. The molecule has 1 saturated heterocycles. The summed E-state index contributed by atoms with van der Waals surface area (Å²) in [6.07, 6.45) is 2.92. The minimum atomic E-state index is -3.47. The maximum Gasteiger partial charge on any atom is 0.243 e. The molecule has 4 nitrogen and oxygen atoms in total. The zero-order chi connectivity index (χ0) is 17.9. The van der Waals surface area contributed by atoms with E-state index in [-0.39, 0.29) is 5.92 Å². The van der Waals surface area contributed by atoms with Gasteiger partial charge in [-0.05, 0) is 60.7 Å². The fraction of sp³-hybridized carbons (Fsp3) is 0.368. The number of hydrogen-bond donors (Lipinski definition) is 0. The molecule has 0 N–H and O–H groups in total. The van der Waals surface area contributed by atoms with Crippen LogP contribution in [0.3, 0.4) is 0 Å². The van der Waals surface area contributed by atoms with Crippen molar-refractivity contribution < 1.29 is 13.2 Å². The van der Waals surface area contributed by atoms with E-state index >= 15 is 0 Å². The van der Waals surface area contributed by atoms with E-state index in [1.807, 2.05) is 24.3 Å². The summed E-state index contributed by atoms with van der Waals surface area (Å²) in [5.41, 5.74) is 1.17. The summed E-state index contributed by atoms with van der Waals surface area (Å²) in [6.45, 7) is 1.09. The van der Waals surface area contributed by atoms with E-state index in [1.165, 1.54) is 5.56 Å². The molecule has 0 aliphatic carbocycles. The lowest BCUT2D eigenvalue weighted by molar-refractivity contribution is 0.404. The van der Waals surface area contributed by atoms with Crippen molar-refractivity contribution in [1.82, 2.24) is 4.31 Å². The van der Waals surface area contributed by atoms with Crippen LogP contribution in [0.1, 0.15) is 30.7 Å². The third-order valence-corrected chi connectivity index (χ3v) is 7.08. The van der Waals surface area contributed by atoms with Crippen molar-refractivity contribution in [1.29, 1.82) is 0 Å². The molecule has 134 valence electrons. The van der Waals surface area contributed by atoms with Crippen LogP contribution >= 0.6 is 15.9 Å². The SMILES string of the molecule is COc1ccc(C2CCCCN(S(=O)(=O)c3ccc(Br)cc3)C2)cc1. The molecule has 0 bridgehead atoms. The Morgan fingerprint density at radius 1 is 1.04 bits per heavy atom. The number of hydrogen-bond acceptors (Lipinski definition) is 3. The summed E-state index contributed by atoms with van der Waals surface area (Å²) in [5, 5.41) is 0. The number of halogens is 1. The van der Waals surface area contributed by atoms with Crippen molar-refractivity contribution >= 4 is 26.0 Å². The monoisotopic (exact) mass is 423 g/mol. The van der Waals surface area contributed by atoms with Crippen molar-refractivity contribution in [2.45, 2.75) is 30.1 Å². The Balaban J connectivity index is 1.84. The smallest absolute Gasteiger partial charge is 0.243 e. The van der Waals surface area contributed by atoms with Gasteiger partial charge < -0.3 is 4.74 Å². The van der Waals surface area contributed by atoms with Gasteiger partial charge in [0.15, 0.2) is 0 Å². The Kier molecular flexibility index (Phi) is 5.81. The van der Waals surface area contributed by atoms with Gasteiger partial charge in [0.1, 0.15) is 5.75 Å². The van der Waals surface area contributed by atoms with Crippen molar-refractivity contribution in [3.05, 3.63) is 58.6 Å². The first-order valence-corrected chi connectivity index (χ1v) is 10.6. The van der Waals surface area contributed by atoms with Gasteiger partial charge in [-0.15, -0.1) is 0 Å². The molecule has 0 aromatic heterocycles. The molecule has 0 spiro atoms. The van der Waals surface area contributed by atoms with Crippen molar-refractivity contribution in [3.8, 4) is 5.75 Å².